The third-order valence-corrected chi connectivity index (χ3v) is 7.28. The highest BCUT2D eigenvalue weighted by atomic mass is 16.2. The first-order chi connectivity index (χ1) is 14.6. The number of aromatic nitrogens is 3. The van der Waals surface area contributed by atoms with Crippen LogP contribution in [-0.2, 0) is 18.4 Å². The van der Waals surface area contributed by atoms with Crippen LogP contribution in [0.3, 0.4) is 0 Å². The minimum atomic E-state index is -0.131. The van der Waals surface area contributed by atoms with Gasteiger partial charge in [-0.05, 0) is 62.3 Å². The van der Waals surface area contributed by atoms with Gasteiger partial charge >= 0.3 is 0 Å². The lowest BCUT2D eigenvalue weighted by Crippen LogP contribution is -2.51. The van der Waals surface area contributed by atoms with E-state index >= 15 is 0 Å². The van der Waals surface area contributed by atoms with E-state index in [1.165, 1.54) is 17.8 Å². The zero-order chi connectivity index (χ0) is 20.3. The molecule has 4 heterocycles. The first kappa shape index (κ1) is 17.8. The van der Waals surface area contributed by atoms with Gasteiger partial charge in [-0.15, -0.1) is 0 Å². The van der Waals surface area contributed by atoms with Crippen molar-refractivity contribution in [3.05, 3.63) is 65.2 Å². The Hall–Kier alpha value is -3.02. The van der Waals surface area contributed by atoms with Gasteiger partial charge in [0.1, 0.15) is 0 Å². The van der Waals surface area contributed by atoms with Crippen molar-refractivity contribution in [1.82, 2.24) is 19.7 Å². The molecule has 0 saturated carbocycles. The lowest BCUT2D eigenvalue weighted by Gasteiger charge is -2.46. The molecule has 1 saturated heterocycles. The number of fused-ring (bicyclic) bond motifs is 5. The van der Waals surface area contributed by atoms with E-state index in [-0.39, 0.29) is 11.4 Å². The molecule has 30 heavy (non-hydrogen) atoms. The second-order valence-electron chi connectivity index (χ2n) is 9.16. The zero-order valence-corrected chi connectivity index (χ0v) is 17.3. The molecule has 6 rings (SSSR count). The number of piperidine rings is 1. The summed E-state index contributed by atoms with van der Waals surface area (Å²) in [6.07, 6.45) is 7.05. The van der Waals surface area contributed by atoms with Crippen molar-refractivity contribution in [2.75, 3.05) is 18.4 Å². The summed E-state index contributed by atoms with van der Waals surface area (Å²) in [6.45, 7) is 3.73. The maximum atomic E-state index is 13.3. The lowest BCUT2D eigenvalue weighted by atomic mass is 9.82. The molecule has 1 unspecified atom stereocenters. The highest BCUT2D eigenvalue weighted by molar-refractivity contribution is 5.94. The van der Waals surface area contributed by atoms with Gasteiger partial charge in [0.05, 0.1) is 16.9 Å². The number of aromatic amines is 1. The molecule has 2 N–H and O–H groups in total. The number of carbonyl (C=O) groups is 1. The molecule has 1 aromatic carbocycles. The minimum Gasteiger partial charge on any atom is -0.372 e. The van der Waals surface area contributed by atoms with Gasteiger partial charge < -0.3 is 14.8 Å². The minimum absolute atomic E-state index is 0.0862. The number of rotatable bonds is 1. The Kier molecular flexibility index (Phi) is 3.85. The maximum Gasteiger partial charge on any atom is 0.274 e. The average Bonchev–Trinajstić information content (AvgIpc) is 3.42. The number of aryl methyl sites for hydroxylation is 1. The second kappa shape index (κ2) is 6.49. The number of hydrogen-bond acceptors (Lipinski definition) is 3. The van der Waals surface area contributed by atoms with E-state index in [1.54, 1.807) is 0 Å². The monoisotopic (exact) mass is 401 g/mol. The number of nitrogens with one attached hydrogen (secondary N) is 2. The van der Waals surface area contributed by atoms with E-state index in [9.17, 15) is 4.79 Å². The quantitative estimate of drug-likeness (QED) is 0.650. The standard InChI is InChI=1S/C24H27N5O/c1-16-8-9-18-17(15-16)22(27-26-18)23(30)28-13-10-24(11-14-28)21-7-4-12-29(21)20-6-3-2-5-19(20)25-24/h2-7,12,16,25H,8-11,13-15H2,1H3,(H,26,27). The highest BCUT2D eigenvalue weighted by Gasteiger charge is 2.43. The number of likely N-dealkylation sites (tertiary alicyclic amines) is 1. The number of para-hydroxylation sites is 2. The Bertz CT molecular complexity index is 1120. The van der Waals surface area contributed by atoms with Gasteiger partial charge in [-0.25, -0.2) is 0 Å². The molecule has 6 heteroatoms. The molecule has 1 atom stereocenters. The molecule has 3 aromatic rings. The van der Waals surface area contributed by atoms with Crippen LogP contribution in [0.2, 0.25) is 0 Å². The number of H-pyrrole nitrogens is 1. The molecule has 1 amide bonds. The van der Waals surface area contributed by atoms with Gasteiger partial charge in [0.2, 0.25) is 0 Å². The molecular formula is C24H27N5O. The van der Waals surface area contributed by atoms with Crippen molar-refractivity contribution in [3.63, 3.8) is 0 Å². The molecule has 2 aliphatic heterocycles. The Balaban J connectivity index is 1.25. The summed E-state index contributed by atoms with van der Waals surface area (Å²) in [5.41, 5.74) is 6.48. The van der Waals surface area contributed by atoms with E-state index in [2.05, 4.69) is 69.6 Å². The molecule has 1 aliphatic carbocycles. The molecule has 1 spiro atoms. The largest absolute Gasteiger partial charge is 0.372 e. The van der Waals surface area contributed by atoms with E-state index in [4.69, 9.17) is 0 Å². The molecule has 154 valence electrons. The van der Waals surface area contributed by atoms with Crippen LogP contribution in [0.4, 0.5) is 5.69 Å². The van der Waals surface area contributed by atoms with Gasteiger partial charge in [0.25, 0.3) is 5.91 Å². The van der Waals surface area contributed by atoms with E-state index in [0.717, 1.165) is 55.7 Å². The second-order valence-corrected chi connectivity index (χ2v) is 9.16. The van der Waals surface area contributed by atoms with E-state index in [1.807, 2.05) is 4.90 Å². The molecule has 1 fully saturated rings. The third-order valence-electron chi connectivity index (χ3n) is 7.28. The van der Waals surface area contributed by atoms with Crippen molar-refractivity contribution in [2.45, 2.75) is 44.6 Å². The first-order valence-electron chi connectivity index (χ1n) is 11.1. The first-order valence-corrected chi connectivity index (χ1v) is 11.1. The molecule has 0 bridgehead atoms. The fourth-order valence-electron chi connectivity index (χ4n) is 5.56. The Morgan fingerprint density at radius 1 is 1.17 bits per heavy atom. The summed E-state index contributed by atoms with van der Waals surface area (Å²) in [4.78, 5) is 15.3. The van der Waals surface area contributed by atoms with Crippen molar-refractivity contribution >= 4 is 11.6 Å². The number of amides is 1. The summed E-state index contributed by atoms with van der Waals surface area (Å²) in [7, 11) is 0. The number of hydrogen-bond donors (Lipinski definition) is 2. The zero-order valence-electron chi connectivity index (χ0n) is 17.3. The Morgan fingerprint density at radius 2 is 2.00 bits per heavy atom. The van der Waals surface area contributed by atoms with Crippen molar-refractivity contribution in [2.24, 2.45) is 5.92 Å². The molecule has 3 aliphatic rings. The van der Waals surface area contributed by atoms with Crippen molar-refractivity contribution in [1.29, 1.82) is 0 Å². The van der Waals surface area contributed by atoms with Crippen LogP contribution in [0.15, 0.2) is 42.6 Å². The summed E-state index contributed by atoms with van der Waals surface area (Å²) in [5, 5.41) is 11.4. The predicted octanol–water partition coefficient (Wildman–Crippen LogP) is 3.88. The van der Waals surface area contributed by atoms with Gasteiger partial charge in [0, 0.05) is 36.2 Å². The fraction of sp³-hybridized carbons (Fsp3) is 0.417. The number of carbonyl (C=O) groups excluding carboxylic acids is 1. The van der Waals surface area contributed by atoms with Crippen LogP contribution in [0, 0.1) is 5.92 Å². The van der Waals surface area contributed by atoms with Crippen LogP contribution in [0.1, 0.15) is 53.6 Å². The lowest BCUT2D eigenvalue weighted by molar-refractivity contribution is 0.0669. The molecule has 2 aromatic heterocycles. The Morgan fingerprint density at radius 3 is 2.87 bits per heavy atom. The smallest absolute Gasteiger partial charge is 0.274 e. The molecule has 6 nitrogen and oxygen atoms in total. The van der Waals surface area contributed by atoms with Crippen LogP contribution < -0.4 is 5.32 Å². The van der Waals surface area contributed by atoms with Gasteiger partial charge in [-0.2, -0.15) is 5.10 Å². The summed E-state index contributed by atoms with van der Waals surface area (Å²) in [6, 6.07) is 12.8. The highest BCUT2D eigenvalue weighted by Crippen LogP contribution is 2.43. The van der Waals surface area contributed by atoms with Crippen LogP contribution in [-0.4, -0.2) is 38.7 Å². The van der Waals surface area contributed by atoms with Gasteiger partial charge in [0.15, 0.2) is 5.69 Å². The van der Waals surface area contributed by atoms with Crippen molar-refractivity contribution in [3.8, 4) is 5.69 Å². The average molecular weight is 402 g/mol. The molecule has 0 radical (unpaired) electrons. The Labute approximate surface area is 176 Å². The summed E-state index contributed by atoms with van der Waals surface area (Å²) < 4.78 is 2.30. The number of nitrogens with zero attached hydrogens (tertiary/aromatic N) is 3. The predicted molar refractivity (Wildman–Crippen MR) is 116 cm³/mol. The summed E-state index contributed by atoms with van der Waals surface area (Å²) >= 11 is 0. The van der Waals surface area contributed by atoms with Gasteiger partial charge in [-0.1, -0.05) is 19.1 Å². The summed E-state index contributed by atoms with van der Waals surface area (Å²) in [5.74, 6) is 0.702. The van der Waals surface area contributed by atoms with Crippen LogP contribution in [0.25, 0.3) is 5.69 Å². The van der Waals surface area contributed by atoms with Crippen LogP contribution >= 0.6 is 0 Å². The number of benzene rings is 1. The topological polar surface area (TPSA) is 66.0 Å². The van der Waals surface area contributed by atoms with Gasteiger partial charge in [-0.3, -0.25) is 9.89 Å². The maximum absolute atomic E-state index is 13.3. The third kappa shape index (κ3) is 2.56. The van der Waals surface area contributed by atoms with E-state index < -0.39 is 0 Å². The fourth-order valence-corrected chi connectivity index (χ4v) is 5.56. The number of anilines is 1. The van der Waals surface area contributed by atoms with E-state index in [0.29, 0.717) is 11.6 Å². The van der Waals surface area contributed by atoms with Crippen LogP contribution in [0.5, 0.6) is 0 Å². The molecular weight excluding hydrogens is 374 g/mol. The SMILES string of the molecule is CC1CCc2[nH]nc(C(=O)N3CCC4(CC3)Nc3ccccc3-n3cccc34)c2C1. The normalized spacial score (nSPS) is 21.5. The van der Waals surface area contributed by atoms with Crippen molar-refractivity contribution < 1.29 is 4.79 Å².